The van der Waals surface area contributed by atoms with Crippen LogP contribution >= 0.6 is 45.8 Å². The van der Waals surface area contributed by atoms with Crippen LogP contribution in [0.15, 0.2) is 10.5 Å². The first-order valence-electron chi connectivity index (χ1n) is 6.08. The Morgan fingerprint density at radius 3 is 2.55 bits per heavy atom. The van der Waals surface area contributed by atoms with E-state index in [1.165, 1.54) is 0 Å². The second-order valence-electron chi connectivity index (χ2n) is 5.38. The third-order valence-electron chi connectivity index (χ3n) is 2.49. The lowest BCUT2D eigenvalue weighted by molar-refractivity contribution is 0.561. The van der Waals surface area contributed by atoms with Gasteiger partial charge in [-0.25, -0.2) is 4.98 Å². The van der Waals surface area contributed by atoms with Crippen LogP contribution in [0.1, 0.15) is 39.7 Å². The van der Waals surface area contributed by atoms with E-state index in [-0.39, 0.29) is 4.75 Å². The van der Waals surface area contributed by atoms with Gasteiger partial charge in [0.05, 0.1) is 5.71 Å². The summed E-state index contributed by atoms with van der Waals surface area (Å²) in [5, 5.41) is 0.814. The van der Waals surface area contributed by atoms with Crippen molar-refractivity contribution in [2.45, 2.75) is 45.3 Å². The van der Waals surface area contributed by atoms with Gasteiger partial charge < -0.3 is 4.55 Å². The third kappa shape index (κ3) is 5.67. The van der Waals surface area contributed by atoms with Gasteiger partial charge in [-0.3, -0.25) is 0 Å². The molecule has 0 fully saturated rings. The first kappa shape index (κ1) is 18.5. The minimum absolute atomic E-state index is 0.338. The lowest BCUT2D eigenvalue weighted by Crippen LogP contribution is -2.26. The van der Waals surface area contributed by atoms with Gasteiger partial charge in [0.25, 0.3) is 0 Å². The molecule has 0 aromatic carbocycles. The zero-order valence-corrected chi connectivity index (χ0v) is 16.3. The van der Waals surface area contributed by atoms with Crippen molar-refractivity contribution in [1.29, 1.82) is 0 Å². The maximum absolute atomic E-state index is 11.9. The molecule has 0 amide bonds. The molecule has 0 N–H and O–H groups in total. The molecule has 0 aliphatic carbocycles. The number of hydrogen-bond acceptors (Lipinski definition) is 3. The first-order chi connectivity index (χ1) is 9.11. The van der Waals surface area contributed by atoms with E-state index in [1.807, 2.05) is 27.7 Å². The summed E-state index contributed by atoms with van der Waals surface area (Å²) in [7, 11) is 0. The molecule has 1 unspecified atom stereocenters. The zero-order valence-electron chi connectivity index (χ0n) is 11.8. The lowest BCUT2D eigenvalue weighted by atomic mass is 10.1. The van der Waals surface area contributed by atoms with E-state index in [1.54, 1.807) is 6.07 Å². The van der Waals surface area contributed by atoms with Crippen LogP contribution in [0.25, 0.3) is 0 Å². The Bertz CT molecular complexity index is 495. The van der Waals surface area contributed by atoms with E-state index in [2.05, 4.69) is 32.0 Å². The van der Waals surface area contributed by atoms with Crippen LogP contribution in [0.5, 0.6) is 0 Å². The van der Waals surface area contributed by atoms with Gasteiger partial charge in [-0.2, -0.15) is 0 Å². The van der Waals surface area contributed by atoms with Gasteiger partial charge in [-0.1, -0.05) is 27.6 Å². The van der Waals surface area contributed by atoms with E-state index in [0.29, 0.717) is 23.1 Å². The zero-order chi connectivity index (χ0) is 15.5. The quantitative estimate of drug-likeness (QED) is 0.287. The summed E-state index contributed by atoms with van der Waals surface area (Å²) in [4.78, 5) is 4.04. The van der Waals surface area contributed by atoms with Crippen LogP contribution in [0, 0.1) is 3.57 Å². The van der Waals surface area contributed by atoms with E-state index >= 15 is 0 Å². The topological polar surface area (TPSA) is 48.3 Å². The molecule has 112 valence electrons. The van der Waals surface area contributed by atoms with Crippen molar-refractivity contribution in [2.24, 2.45) is 4.40 Å². The van der Waals surface area contributed by atoms with Gasteiger partial charge in [0.2, 0.25) is 0 Å². The largest absolute Gasteiger partial charge is 0.591 e. The predicted molar refractivity (Wildman–Crippen MR) is 96.3 cm³/mol. The molecular weight excluding hydrogens is 430 g/mol. The summed E-state index contributed by atoms with van der Waals surface area (Å²) in [5.41, 5.74) is 1.80. The van der Waals surface area contributed by atoms with Crippen molar-refractivity contribution in [3.8, 4) is 0 Å². The Kier molecular flexibility index (Phi) is 7.05. The number of rotatable bonds is 4. The number of halogens is 3. The first-order valence-corrected chi connectivity index (χ1v) is 9.02. The van der Waals surface area contributed by atoms with Crippen LogP contribution in [0.2, 0.25) is 10.3 Å². The van der Waals surface area contributed by atoms with E-state index in [9.17, 15) is 4.55 Å². The van der Waals surface area contributed by atoms with Gasteiger partial charge in [0.15, 0.2) is 0 Å². The number of aromatic nitrogens is 1. The van der Waals surface area contributed by atoms with Crippen molar-refractivity contribution >= 4 is 62.9 Å². The molecule has 3 nitrogen and oxygen atoms in total. The normalized spacial score (nSPS) is 14.5. The molecule has 0 aliphatic heterocycles. The van der Waals surface area contributed by atoms with Crippen LogP contribution in [-0.4, -0.2) is 20.0 Å². The van der Waals surface area contributed by atoms with E-state index in [0.717, 1.165) is 14.8 Å². The Morgan fingerprint density at radius 2 is 2.05 bits per heavy atom. The maximum atomic E-state index is 11.9. The molecule has 1 rings (SSSR count). The van der Waals surface area contributed by atoms with Gasteiger partial charge in [0.1, 0.15) is 26.4 Å². The molecule has 1 aromatic rings. The standard InChI is InChI=1S/C13H17Cl2IN2OS/c1-8(18-20(19)13(2,3)4)5-6-9-10(16)7-11(14)17-12(9)15/h7H,5-6H2,1-4H3/b18-8+. The van der Waals surface area contributed by atoms with Gasteiger partial charge >= 0.3 is 0 Å². The molecule has 0 aliphatic rings. The Hall–Kier alpha value is 0.440. The fourth-order valence-corrected chi connectivity index (χ4v) is 3.67. The van der Waals surface area contributed by atoms with Crippen LogP contribution in [0.4, 0.5) is 0 Å². The van der Waals surface area contributed by atoms with Gasteiger partial charge in [-0.15, -0.1) is 0 Å². The highest BCUT2D eigenvalue weighted by Gasteiger charge is 2.26. The highest BCUT2D eigenvalue weighted by Crippen LogP contribution is 2.25. The minimum atomic E-state index is -1.22. The number of nitrogens with zero attached hydrogens (tertiary/aromatic N) is 2. The Labute approximate surface area is 147 Å². The molecule has 20 heavy (non-hydrogen) atoms. The fourth-order valence-electron chi connectivity index (χ4n) is 1.34. The van der Waals surface area contributed by atoms with Crippen molar-refractivity contribution in [2.75, 3.05) is 0 Å². The number of hydrogen-bond donors (Lipinski definition) is 0. The second-order valence-corrected chi connectivity index (χ2v) is 9.20. The molecule has 0 spiro atoms. The number of pyridine rings is 1. The lowest BCUT2D eigenvalue weighted by Gasteiger charge is -2.18. The van der Waals surface area contributed by atoms with Crippen molar-refractivity contribution in [3.63, 3.8) is 0 Å². The SMILES string of the molecule is C/C(CCc1c(I)cc(Cl)nc1Cl)=N\[S+]([O-])C(C)(C)C. The summed E-state index contributed by atoms with van der Waals surface area (Å²) in [6, 6.07) is 1.78. The second kappa shape index (κ2) is 7.63. The van der Waals surface area contributed by atoms with Crippen molar-refractivity contribution in [1.82, 2.24) is 4.98 Å². The average molecular weight is 447 g/mol. The van der Waals surface area contributed by atoms with Crippen LogP contribution in [0.3, 0.4) is 0 Å². The Balaban J connectivity index is 2.75. The van der Waals surface area contributed by atoms with Crippen molar-refractivity contribution in [3.05, 3.63) is 25.5 Å². The van der Waals surface area contributed by atoms with Gasteiger partial charge in [0, 0.05) is 9.13 Å². The Morgan fingerprint density at radius 1 is 1.45 bits per heavy atom. The van der Waals surface area contributed by atoms with E-state index < -0.39 is 11.4 Å². The molecule has 7 heteroatoms. The molecule has 0 bridgehead atoms. The molecule has 1 atom stereocenters. The molecule has 1 heterocycles. The average Bonchev–Trinajstić information content (AvgIpc) is 2.25. The highest BCUT2D eigenvalue weighted by atomic mass is 127. The fraction of sp³-hybridized carbons (Fsp3) is 0.538. The van der Waals surface area contributed by atoms with Gasteiger partial charge in [-0.05, 0) is 69.2 Å². The molecule has 1 aromatic heterocycles. The minimum Gasteiger partial charge on any atom is -0.591 e. The highest BCUT2D eigenvalue weighted by molar-refractivity contribution is 14.1. The van der Waals surface area contributed by atoms with Crippen LogP contribution in [-0.2, 0) is 17.8 Å². The van der Waals surface area contributed by atoms with E-state index in [4.69, 9.17) is 23.2 Å². The molecule has 0 saturated carbocycles. The summed E-state index contributed by atoms with van der Waals surface area (Å²) in [6.45, 7) is 7.60. The molecular formula is C13H17Cl2IN2OS. The van der Waals surface area contributed by atoms with Crippen LogP contribution < -0.4 is 0 Å². The third-order valence-corrected chi connectivity index (χ3v) is 5.48. The summed E-state index contributed by atoms with van der Waals surface area (Å²) in [5.74, 6) is 0. The molecule has 0 saturated heterocycles. The van der Waals surface area contributed by atoms with Crippen molar-refractivity contribution < 1.29 is 4.55 Å². The summed E-state index contributed by atoms with van der Waals surface area (Å²) in [6.07, 6.45) is 1.40. The maximum Gasteiger partial charge on any atom is 0.144 e. The predicted octanol–water partition coefficient (Wildman–Crippen LogP) is 4.85. The smallest absolute Gasteiger partial charge is 0.144 e. The monoisotopic (exact) mass is 446 g/mol. The summed E-state index contributed by atoms with van der Waals surface area (Å²) >= 11 is 12.9. The summed E-state index contributed by atoms with van der Waals surface area (Å²) < 4.78 is 16.8. The molecule has 0 radical (unpaired) electrons.